The standard InChI is InChI=1S/C16H10BrClN4S/c17-12-5-1-10(2-6-12)14-9-23-16-20-19-15(22(16)21-14)11-3-7-13(18)8-4-11/h1-9,21H. The fourth-order valence-corrected chi connectivity index (χ4v) is 3.38. The van der Waals surface area contributed by atoms with E-state index in [-0.39, 0.29) is 0 Å². The molecule has 4 rings (SSSR count). The maximum atomic E-state index is 5.96. The van der Waals surface area contributed by atoms with Crippen LogP contribution in [-0.4, -0.2) is 14.9 Å². The monoisotopic (exact) mass is 404 g/mol. The second-order valence-corrected chi connectivity index (χ2v) is 7.11. The first-order chi connectivity index (χ1) is 11.2. The molecule has 2 aromatic carbocycles. The van der Waals surface area contributed by atoms with Crippen LogP contribution in [0.3, 0.4) is 0 Å². The third-order valence-corrected chi connectivity index (χ3v) is 5.01. The van der Waals surface area contributed by atoms with Crippen molar-refractivity contribution in [2.24, 2.45) is 0 Å². The molecule has 0 atom stereocenters. The van der Waals surface area contributed by atoms with Crippen LogP contribution in [0, 0.1) is 0 Å². The molecule has 0 unspecified atom stereocenters. The van der Waals surface area contributed by atoms with Gasteiger partial charge >= 0.3 is 0 Å². The lowest BCUT2D eigenvalue weighted by atomic mass is 10.2. The molecule has 23 heavy (non-hydrogen) atoms. The molecule has 0 radical (unpaired) electrons. The zero-order chi connectivity index (χ0) is 15.8. The Morgan fingerprint density at radius 1 is 0.957 bits per heavy atom. The van der Waals surface area contributed by atoms with Crippen LogP contribution < -0.4 is 5.43 Å². The smallest absolute Gasteiger partial charge is 0.214 e. The second kappa shape index (κ2) is 6.03. The Labute approximate surface area is 150 Å². The SMILES string of the molecule is Clc1ccc(-c2nnc3n2NC(c2ccc(Br)cc2)=CS3)cc1. The van der Waals surface area contributed by atoms with Gasteiger partial charge in [-0.1, -0.05) is 51.4 Å². The third-order valence-electron chi connectivity index (χ3n) is 3.41. The van der Waals surface area contributed by atoms with Gasteiger partial charge in [-0.05, 0) is 36.4 Å². The molecule has 0 aliphatic carbocycles. The largest absolute Gasteiger partial charge is 0.289 e. The molecule has 1 aliphatic heterocycles. The molecule has 114 valence electrons. The average Bonchev–Trinajstić information content (AvgIpc) is 2.99. The van der Waals surface area contributed by atoms with Gasteiger partial charge in [0.2, 0.25) is 5.16 Å². The van der Waals surface area contributed by atoms with Crippen molar-refractivity contribution in [2.75, 3.05) is 5.43 Å². The lowest BCUT2D eigenvalue weighted by Crippen LogP contribution is -2.18. The number of benzene rings is 2. The van der Waals surface area contributed by atoms with E-state index in [0.717, 1.165) is 32.3 Å². The van der Waals surface area contributed by atoms with Gasteiger partial charge in [0, 0.05) is 26.0 Å². The minimum atomic E-state index is 0.699. The maximum Gasteiger partial charge on any atom is 0.214 e. The molecule has 7 heteroatoms. The minimum Gasteiger partial charge on any atom is -0.289 e. The molecule has 1 N–H and O–H groups in total. The number of hydrogen-bond donors (Lipinski definition) is 1. The van der Waals surface area contributed by atoms with E-state index in [9.17, 15) is 0 Å². The molecule has 0 saturated carbocycles. The molecule has 0 bridgehead atoms. The Bertz CT molecular complexity index is 887. The van der Waals surface area contributed by atoms with Gasteiger partial charge in [-0.25, -0.2) is 4.68 Å². The van der Waals surface area contributed by atoms with Crippen molar-refractivity contribution < 1.29 is 0 Å². The molecule has 0 saturated heterocycles. The second-order valence-electron chi connectivity index (χ2n) is 4.92. The van der Waals surface area contributed by atoms with Crippen molar-refractivity contribution in [3.05, 3.63) is 69.0 Å². The third kappa shape index (κ3) is 2.89. The summed E-state index contributed by atoms with van der Waals surface area (Å²) in [7, 11) is 0. The Hall–Kier alpha value is -1.76. The van der Waals surface area contributed by atoms with Gasteiger partial charge in [0.05, 0.1) is 5.70 Å². The van der Waals surface area contributed by atoms with Crippen LogP contribution in [0.2, 0.25) is 5.02 Å². The zero-order valence-corrected chi connectivity index (χ0v) is 14.9. The van der Waals surface area contributed by atoms with Crippen molar-refractivity contribution in [3.63, 3.8) is 0 Å². The van der Waals surface area contributed by atoms with Crippen molar-refractivity contribution in [1.82, 2.24) is 14.9 Å². The van der Waals surface area contributed by atoms with E-state index >= 15 is 0 Å². The lowest BCUT2D eigenvalue weighted by molar-refractivity contribution is 0.826. The molecule has 3 aromatic rings. The number of thioether (sulfide) groups is 1. The summed E-state index contributed by atoms with van der Waals surface area (Å²) in [4.78, 5) is 0. The van der Waals surface area contributed by atoms with E-state index in [4.69, 9.17) is 11.6 Å². The quantitative estimate of drug-likeness (QED) is 0.651. The molecule has 0 amide bonds. The summed E-state index contributed by atoms with van der Waals surface area (Å²) in [6.07, 6.45) is 0. The van der Waals surface area contributed by atoms with Gasteiger partial charge in [-0.3, -0.25) is 5.43 Å². The maximum absolute atomic E-state index is 5.96. The van der Waals surface area contributed by atoms with Gasteiger partial charge in [-0.15, -0.1) is 10.2 Å². The van der Waals surface area contributed by atoms with Crippen LogP contribution in [0.25, 0.3) is 17.1 Å². The van der Waals surface area contributed by atoms with Crippen LogP contribution in [0.1, 0.15) is 5.56 Å². The highest BCUT2D eigenvalue weighted by molar-refractivity contribution is 9.10. The normalized spacial score (nSPS) is 13.2. The van der Waals surface area contributed by atoms with E-state index in [1.54, 1.807) is 11.8 Å². The Morgan fingerprint density at radius 3 is 2.39 bits per heavy atom. The van der Waals surface area contributed by atoms with Crippen molar-refractivity contribution in [3.8, 4) is 11.4 Å². The van der Waals surface area contributed by atoms with Gasteiger partial charge in [0.1, 0.15) is 0 Å². The molecule has 1 aromatic heterocycles. The lowest BCUT2D eigenvalue weighted by Gasteiger charge is -2.19. The number of hydrogen-bond acceptors (Lipinski definition) is 4. The number of halogens is 2. The number of aromatic nitrogens is 3. The summed E-state index contributed by atoms with van der Waals surface area (Å²) in [5, 5.41) is 12.1. The van der Waals surface area contributed by atoms with Crippen LogP contribution in [-0.2, 0) is 0 Å². The van der Waals surface area contributed by atoms with E-state index in [1.165, 1.54) is 0 Å². The first-order valence-corrected chi connectivity index (χ1v) is 8.87. The zero-order valence-electron chi connectivity index (χ0n) is 11.7. The Kier molecular flexibility index (Phi) is 3.88. The van der Waals surface area contributed by atoms with E-state index < -0.39 is 0 Å². The van der Waals surface area contributed by atoms with Gasteiger partial charge < -0.3 is 0 Å². The van der Waals surface area contributed by atoms with Crippen LogP contribution in [0.5, 0.6) is 0 Å². The van der Waals surface area contributed by atoms with Gasteiger partial charge in [0.15, 0.2) is 5.82 Å². The molecule has 4 nitrogen and oxygen atoms in total. The number of nitrogens with one attached hydrogen (secondary N) is 1. The van der Waals surface area contributed by atoms with Crippen LogP contribution in [0.15, 0.2) is 63.6 Å². The topological polar surface area (TPSA) is 42.7 Å². The summed E-state index contributed by atoms with van der Waals surface area (Å²) in [6.45, 7) is 0. The highest BCUT2D eigenvalue weighted by Crippen LogP contribution is 2.31. The number of rotatable bonds is 2. The number of nitrogens with zero attached hydrogens (tertiary/aromatic N) is 3. The number of fused-ring (bicyclic) bond motifs is 1. The summed E-state index contributed by atoms with van der Waals surface area (Å²) >= 11 is 11.0. The Balaban J connectivity index is 1.69. The van der Waals surface area contributed by atoms with E-state index in [2.05, 4.69) is 43.7 Å². The predicted octanol–water partition coefficient (Wildman–Crippen LogP) is 5.01. The van der Waals surface area contributed by atoms with E-state index in [0.29, 0.717) is 5.02 Å². The van der Waals surface area contributed by atoms with Crippen molar-refractivity contribution in [1.29, 1.82) is 0 Å². The van der Waals surface area contributed by atoms with Crippen molar-refractivity contribution >= 4 is 45.0 Å². The molecule has 1 aliphatic rings. The average molecular weight is 406 g/mol. The highest BCUT2D eigenvalue weighted by atomic mass is 79.9. The first-order valence-electron chi connectivity index (χ1n) is 6.82. The van der Waals surface area contributed by atoms with Crippen molar-refractivity contribution in [2.45, 2.75) is 5.16 Å². The molecular weight excluding hydrogens is 396 g/mol. The summed E-state index contributed by atoms with van der Waals surface area (Å²) in [5.74, 6) is 0.756. The fraction of sp³-hybridized carbons (Fsp3) is 0. The van der Waals surface area contributed by atoms with E-state index in [1.807, 2.05) is 46.5 Å². The van der Waals surface area contributed by atoms with Gasteiger partial charge in [0.25, 0.3) is 0 Å². The molecule has 0 spiro atoms. The first kappa shape index (κ1) is 14.8. The molecule has 2 heterocycles. The van der Waals surface area contributed by atoms with Crippen LogP contribution >= 0.6 is 39.3 Å². The fourth-order valence-electron chi connectivity index (χ4n) is 2.25. The highest BCUT2D eigenvalue weighted by Gasteiger charge is 2.19. The van der Waals surface area contributed by atoms with Crippen LogP contribution in [0.4, 0.5) is 0 Å². The predicted molar refractivity (Wildman–Crippen MR) is 97.8 cm³/mol. The minimum absolute atomic E-state index is 0.699. The summed E-state index contributed by atoms with van der Waals surface area (Å²) < 4.78 is 2.95. The Morgan fingerprint density at radius 2 is 1.65 bits per heavy atom. The summed E-state index contributed by atoms with van der Waals surface area (Å²) in [5.41, 5.74) is 6.44. The summed E-state index contributed by atoms with van der Waals surface area (Å²) in [6, 6.07) is 15.7. The van der Waals surface area contributed by atoms with Gasteiger partial charge in [-0.2, -0.15) is 0 Å². The molecule has 0 fully saturated rings. The molecular formula is C16H10BrClN4S.